The average molecular weight is 669 g/mol. The third-order valence-electron chi connectivity index (χ3n) is 5.93. The molecule has 0 unspecified atom stereocenters. The largest absolute Gasteiger partial charge is 0.350 e. The topological polar surface area (TPSA) is 86.8 Å². The predicted molar refractivity (Wildman–Crippen MR) is 164 cm³/mol. The molecule has 214 valence electrons. The van der Waals surface area contributed by atoms with Crippen LogP contribution in [0.5, 0.6) is 0 Å². The van der Waals surface area contributed by atoms with Crippen molar-refractivity contribution in [2.24, 2.45) is 0 Å². The first-order valence-electron chi connectivity index (χ1n) is 12.5. The van der Waals surface area contributed by atoms with Crippen molar-refractivity contribution in [3.05, 3.63) is 92.4 Å². The van der Waals surface area contributed by atoms with Crippen molar-refractivity contribution in [3.63, 3.8) is 0 Å². The van der Waals surface area contributed by atoms with Gasteiger partial charge < -0.3 is 10.2 Å². The number of halogens is 3. The molecule has 1 N–H and O–H groups in total. The Morgan fingerprint density at radius 2 is 1.57 bits per heavy atom. The molecule has 0 aliphatic carbocycles. The zero-order valence-corrected chi connectivity index (χ0v) is 26.8. The van der Waals surface area contributed by atoms with Crippen LogP contribution < -0.4 is 9.62 Å². The monoisotopic (exact) mass is 667 g/mol. The fourth-order valence-electron chi connectivity index (χ4n) is 3.94. The van der Waals surface area contributed by atoms with Crippen LogP contribution in [0.15, 0.2) is 76.1 Å². The van der Waals surface area contributed by atoms with E-state index in [1.165, 1.54) is 35.2 Å². The summed E-state index contributed by atoms with van der Waals surface area (Å²) in [7, 11) is -4.23. The Bertz CT molecular complexity index is 1470. The first-order chi connectivity index (χ1) is 18.6. The predicted octanol–water partition coefficient (Wildman–Crippen LogP) is 6.59. The lowest BCUT2D eigenvalue weighted by Crippen LogP contribution is -2.54. The number of amides is 2. The van der Waals surface area contributed by atoms with Crippen LogP contribution in [0.1, 0.15) is 38.8 Å². The van der Waals surface area contributed by atoms with Gasteiger partial charge in [-0.15, -0.1) is 0 Å². The molecule has 0 aliphatic heterocycles. The highest BCUT2D eigenvalue weighted by atomic mass is 79.9. The van der Waals surface area contributed by atoms with Gasteiger partial charge in [0.15, 0.2) is 0 Å². The van der Waals surface area contributed by atoms with Crippen molar-refractivity contribution >= 4 is 66.7 Å². The van der Waals surface area contributed by atoms with Crippen molar-refractivity contribution in [1.82, 2.24) is 10.2 Å². The van der Waals surface area contributed by atoms with E-state index in [1.54, 1.807) is 19.1 Å². The van der Waals surface area contributed by atoms with E-state index in [0.717, 1.165) is 19.9 Å². The molecule has 1 atom stereocenters. The van der Waals surface area contributed by atoms with E-state index >= 15 is 0 Å². The molecule has 3 rings (SSSR count). The maximum absolute atomic E-state index is 14.0. The zero-order chi connectivity index (χ0) is 29.8. The second kappa shape index (κ2) is 12.9. The smallest absolute Gasteiger partial charge is 0.264 e. The molecule has 0 aromatic heterocycles. The van der Waals surface area contributed by atoms with E-state index in [4.69, 9.17) is 23.2 Å². The molecule has 0 radical (unpaired) electrons. The second-order valence-corrected chi connectivity index (χ2v) is 14.2. The number of nitrogens with zero attached hydrogens (tertiary/aromatic N) is 2. The summed E-state index contributed by atoms with van der Waals surface area (Å²) in [5.74, 6) is -0.946. The Morgan fingerprint density at radius 3 is 2.12 bits per heavy atom. The molecule has 0 saturated heterocycles. The molecule has 7 nitrogen and oxygen atoms in total. The van der Waals surface area contributed by atoms with Gasteiger partial charge in [-0.1, -0.05) is 69.0 Å². The molecule has 0 spiro atoms. The number of hydrogen-bond donors (Lipinski definition) is 1. The van der Waals surface area contributed by atoms with Crippen molar-refractivity contribution in [2.75, 3.05) is 10.8 Å². The minimum atomic E-state index is -4.23. The lowest BCUT2D eigenvalue weighted by atomic mass is 10.1. The second-order valence-electron chi connectivity index (χ2n) is 10.5. The van der Waals surface area contributed by atoms with Gasteiger partial charge in [-0.3, -0.25) is 13.9 Å². The van der Waals surface area contributed by atoms with Crippen LogP contribution in [0.25, 0.3) is 0 Å². The van der Waals surface area contributed by atoms with Crippen LogP contribution in [0, 0.1) is 6.92 Å². The van der Waals surface area contributed by atoms with Gasteiger partial charge in [-0.25, -0.2) is 8.42 Å². The normalized spacial score (nSPS) is 12.5. The van der Waals surface area contributed by atoms with Gasteiger partial charge in [-0.2, -0.15) is 0 Å². The summed E-state index contributed by atoms with van der Waals surface area (Å²) >= 11 is 15.9. The van der Waals surface area contributed by atoms with Gasteiger partial charge in [0.05, 0.1) is 10.6 Å². The number of aryl methyl sites for hydroxylation is 1. The first kappa shape index (κ1) is 31.9. The number of rotatable bonds is 9. The maximum Gasteiger partial charge on any atom is 0.264 e. The molecule has 0 saturated carbocycles. The molecule has 2 amide bonds. The number of carbonyl (C=O) groups excluding carboxylic acids is 2. The number of carbonyl (C=O) groups is 2. The highest BCUT2D eigenvalue weighted by Crippen LogP contribution is 2.30. The fourth-order valence-corrected chi connectivity index (χ4v) is 6.30. The van der Waals surface area contributed by atoms with Crippen molar-refractivity contribution in [1.29, 1.82) is 0 Å². The van der Waals surface area contributed by atoms with Crippen LogP contribution >= 0.6 is 39.1 Å². The van der Waals surface area contributed by atoms with Crippen LogP contribution in [-0.4, -0.2) is 43.3 Å². The molecule has 11 heteroatoms. The molecule has 40 heavy (non-hydrogen) atoms. The quantitative estimate of drug-likeness (QED) is 0.279. The first-order valence-corrected chi connectivity index (χ1v) is 15.5. The summed E-state index contributed by atoms with van der Waals surface area (Å²) in [6, 6.07) is 17.1. The number of sulfonamides is 1. The highest BCUT2D eigenvalue weighted by Gasteiger charge is 2.33. The highest BCUT2D eigenvalue weighted by molar-refractivity contribution is 9.10. The van der Waals surface area contributed by atoms with E-state index in [1.807, 2.05) is 52.0 Å². The summed E-state index contributed by atoms with van der Waals surface area (Å²) in [5.41, 5.74) is 1.23. The Hall–Kier alpha value is -2.59. The summed E-state index contributed by atoms with van der Waals surface area (Å²) in [4.78, 5) is 28.5. The zero-order valence-electron chi connectivity index (χ0n) is 22.9. The van der Waals surface area contributed by atoms with Crippen molar-refractivity contribution in [3.8, 4) is 0 Å². The maximum atomic E-state index is 14.0. The van der Waals surface area contributed by atoms with Crippen LogP contribution in [-0.2, 0) is 26.2 Å². The van der Waals surface area contributed by atoms with Gasteiger partial charge in [0.25, 0.3) is 10.0 Å². The van der Waals surface area contributed by atoms with Crippen molar-refractivity contribution < 1.29 is 18.0 Å². The third kappa shape index (κ3) is 8.46. The minimum Gasteiger partial charge on any atom is -0.350 e. The number of hydrogen-bond acceptors (Lipinski definition) is 4. The Kier molecular flexibility index (Phi) is 10.3. The van der Waals surface area contributed by atoms with Gasteiger partial charge in [0.1, 0.15) is 12.6 Å². The number of anilines is 1. The van der Waals surface area contributed by atoms with Crippen LogP contribution in [0.2, 0.25) is 10.0 Å². The van der Waals surface area contributed by atoms with Crippen LogP contribution in [0.4, 0.5) is 5.69 Å². The van der Waals surface area contributed by atoms with Gasteiger partial charge in [0.2, 0.25) is 11.8 Å². The van der Waals surface area contributed by atoms with E-state index < -0.39 is 34.1 Å². The molecular weight excluding hydrogens is 637 g/mol. The standard InChI is InChI=1S/C29H32BrCl2N3O4S/c1-19-9-11-26(12-10-19)40(38,39)35(25-15-23(31)14-24(32)16-25)18-27(36)34(17-21-7-6-8-22(30)13-21)20(2)28(37)33-29(3,4)5/h6-16,20H,17-18H2,1-5H3,(H,33,37)/t20-/m1/s1. The molecule has 0 aliphatic rings. The molecule has 3 aromatic rings. The molecule has 0 heterocycles. The van der Waals surface area contributed by atoms with Gasteiger partial charge >= 0.3 is 0 Å². The average Bonchev–Trinajstić information content (AvgIpc) is 2.84. The molecule has 0 fully saturated rings. The SMILES string of the molecule is Cc1ccc(S(=O)(=O)N(CC(=O)N(Cc2cccc(Br)c2)[C@H](C)C(=O)NC(C)(C)C)c2cc(Cl)cc(Cl)c2)cc1. The third-order valence-corrected chi connectivity index (χ3v) is 8.65. The molecule has 3 aromatic carbocycles. The number of nitrogens with one attached hydrogen (secondary N) is 1. The lowest BCUT2D eigenvalue weighted by Gasteiger charge is -2.33. The van der Waals surface area contributed by atoms with E-state index in [9.17, 15) is 18.0 Å². The summed E-state index contributed by atoms with van der Waals surface area (Å²) in [6.07, 6.45) is 0. The van der Waals surface area contributed by atoms with E-state index in [2.05, 4.69) is 21.2 Å². The molecule has 0 bridgehead atoms. The van der Waals surface area contributed by atoms with Gasteiger partial charge in [-0.05, 0) is 82.6 Å². The summed E-state index contributed by atoms with van der Waals surface area (Å²) in [5, 5.41) is 3.33. The minimum absolute atomic E-state index is 0.000869. The van der Waals surface area contributed by atoms with E-state index in [-0.39, 0.29) is 33.1 Å². The summed E-state index contributed by atoms with van der Waals surface area (Å²) in [6.45, 7) is 8.48. The number of benzene rings is 3. The molecular formula is C29H32BrCl2N3O4S. The Balaban J connectivity index is 2.07. The van der Waals surface area contributed by atoms with Crippen molar-refractivity contribution in [2.45, 2.75) is 57.6 Å². The Morgan fingerprint density at radius 1 is 0.975 bits per heavy atom. The van der Waals surface area contributed by atoms with Gasteiger partial charge in [0, 0.05) is 26.6 Å². The lowest BCUT2D eigenvalue weighted by molar-refractivity contribution is -0.140. The van der Waals surface area contributed by atoms with Crippen LogP contribution in [0.3, 0.4) is 0 Å². The van der Waals surface area contributed by atoms with E-state index in [0.29, 0.717) is 0 Å². The fraction of sp³-hybridized carbons (Fsp3) is 0.310. The Labute approximate surface area is 254 Å². The summed E-state index contributed by atoms with van der Waals surface area (Å²) < 4.78 is 29.6.